The van der Waals surface area contributed by atoms with Crippen molar-refractivity contribution in [2.45, 2.75) is 32.4 Å². The lowest BCUT2D eigenvalue weighted by molar-refractivity contribution is 0.414. The number of benzene rings is 2. The zero-order chi connectivity index (χ0) is 15.2. The van der Waals surface area contributed by atoms with Gasteiger partial charge in [0.1, 0.15) is 11.5 Å². The normalized spacial score (nSPS) is 13.7. The number of methoxy groups -OCH3 is 1. The van der Waals surface area contributed by atoms with Gasteiger partial charge in [-0.2, -0.15) is 0 Å². The molecule has 2 atom stereocenters. The molecule has 0 aliphatic rings. The van der Waals surface area contributed by atoms with Crippen LogP contribution in [-0.2, 0) is 6.42 Å². The van der Waals surface area contributed by atoms with Crippen LogP contribution >= 0.6 is 0 Å². The minimum absolute atomic E-state index is 0.199. The quantitative estimate of drug-likeness (QED) is 0.850. The highest BCUT2D eigenvalue weighted by Gasteiger charge is 2.10. The zero-order valence-electron chi connectivity index (χ0n) is 12.8. The van der Waals surface area contributed by atoms with Crippen LogP contribution in [0.2, 0.25) is 0 Å². The van der Waals surface area contributed by atoms with Crippen LogP contribution in [0.3, 0.4) is 0 Å². The molecule has 2 rings (SSSR count). The molecular weight excluding hydrogens is 262 g/mol. The molecule has 0 radical (unpaired) electrons. The van der Waals surface area contributed by atoms with Gasteiger partial charge in [0.15, 0.2) is 0 Å². The van der Waals surface area contributed by atoms with E-state index in [0.29, 0.717) is 11.8 Å². The Labute approximate surface area is 126 Å². The summed E-state index contributed by atoms with van der Waals surface area (Å²) in [6.45, 7) is 4.28. The van der Waals surface area contributed by atoms with Gasteiger partial charge in [-0.05, 0) is 55.7 Å². The second-order valence-corrected chi connectivity index (χ2v) is 5.44. The third-order valence-electron chi connectivity index (χ3n) is 3.61. The second kappa shape index (κ2) is 7.14. The highest BCUT2D eigenvalue weighted by Crippen LogP contribution is 2.19. The third-order valence-corrected chi connectivity index (χ3v) is 3.61. The van der Waals surface area contributed by atoms with E-state index in [0.717, 1.165) is 17.7 Å². The van der Waals surface area contributed by atoms with Gasteiger partial charge in [-0.1, -0.05) is 24.3 Å². The predicted octanol–water partition coefficient (Wildman–Crippen LogP) is 3.68. The van der Waals surface area contributed by atoms with E-state index in [-0.39, 0.29) is 6.04 Å². The molecule has 3 heteroatoms. The van der Waals surface area contributed by atoms with Crippen molar-refractivity contribution < 1.29 is 9.84 Å². The Morgan fingerprint density at radius 1 is 1.10 bits per heavy atom. The van der Waals surface area contributed by atoms with Gasteiger partial charge in [0, 0.05) is 12.1 Å². The molecule has 21 heavy (non-hydrogen) atoms. The number of phenols is 1. The van der Waals surface area contributed by atoms with Gasteiger partial charge in [-0.3, -0.25) is 0 Å². The molecule has 2 aromatic carbocycles. The van der Waals surface area contributed by atoms with E-state index in [1.165, 1.54) is 5.56 Å². The number of hydrogen-bond donors (Lipinski definition) is 2. The van der Waals surface area contributed by atoms with Crippen LogP contribution in [0.5, 0.6) is 11.5 Å². The molecule has 0 aliphatic carbocycles. The summed E-state index contributed by atoms with van der Waals surface area (Å²) < 4.78 is 5.17. The summed E-state index contributed by atoms with van der Waals surface area (Å²) in [4.78, 5) is 0. The summed E-state index contributed by atoms with van der Waals surface area (Å²) in [5.41, 5.74) is 2.37. The molecule has 2 N–H and O–H groups in total. The minimum Gasteiger partial charge on any atom is -0.508 e. The Balaban J connectivity index is 1.92. The van der Waals surface area contributed by atoms with Crippen molar-refractivity contribution in [3.63, 3.8) is 0 Å². The number of ether oxygens (including phenoxy) is 1. The Kier molecular flexibility index (Phi) is 5.23. The summed E-state index contributed by atoms with van der Waals surface area (Å²) in [5.74, 6) is 1.19. The van der Waals surface area contributed by atoms with Crippen LogP contribution in [-0.4, -0.2) is 18.3 Å². The maximum absolute atomic E-state index is 9.54. The predicted molar refractivity (Wildman–Crippen MR) is 85.8 cm³/mol. The maximum atomic E-state index is 9.54. The van der Waals surface area contributed by atoms with E-state index in [9.17, 15) is 5.11 Å². The fourth-order valence-electron chi connectivity index (χ4n) is 2.49. The molecule has 0 aromatic heterocycles. The van der Waals surface area contributed by atoms with Crippen LogP contribution in [0, 0.1) is 0 Å². The number of hydrogen-bond acceptors (Lipinski definition) is 3. The molecule has 0 amide bonds. The van der Waals surface area contributed by atoms with Gasteiger partial charge >= 0.3 is 0 Å². The third kappa shape index (κ3) is 4.50. The number of nitrogens with one attached hydrogen (secondary N) is 1. The molecule has 0 heterocycles. The Bertz CT molecular complexity index is 566. The van der Waals surface area contributed by atoms with Gasteiger partial charge in [0.25, 0.3) is 0 Å². The summed E-state index contributed by atoms with van der Waals surface area (Å²) >= 11 is 0. The van der Waals surface area contributed by atoms with E-state index in [4.69, 9.17) is 4.74 Å². The van der Waals surface area contributed by atoms with E-state index in [2.05, 4.69) is 31.3 Å². The molecule has 0 aliphatic heterocycles. The van der Waals surface area contributed by atoms with Crippen LogP contribution in [0.4, 0.5) is 0 Å². The van der Waals surface area contributed by atoms with Crippen molar-refractivity contribution in [2.24, 2.45) is 0 Å². The molecule has 2 unspecified atom stereocenters. The Morgan fingerprint density at radius 2 is 1.81 bits per heavy atom. The molecule has 0 bridgehead atoms. The van der Waals surface area contributed by atoms with E-state index >= 15 is 0 Å². The maximum Gasteiger partial charge on any atom is 0.118 e. The van der Waals surface area contributed by atoms with Crippen LogP contribution in [0.25, 0.3) is 0 Å². The monoisotopic (exact) mass is 285 g/mol. The van der Waals surface area contributed by atoms with Crippen molar-refractivity contribution >= 4 is 0 Å². The lowest BCUT2D eigenvalue weighted by Crippen LogP contribution is -2.30. The second-order valence-electron chi connectivity index (χ2n) is 5.44. The first-order valence-electron chi connectivity index (χ1n) is 7.26. The van der Waals surface area contributed by atoms with Crippen LogP contribution in [0.1, 0.15) is 31.0 Å². The van der Waals surface area contributed by atoms with Crippen LogP contribution < -0.4 is 10.1 Å². The van der Waals surface area contributed by atoms with Crippen molar-refractivity contribution in [1.82, 2.24) is 5.32 Å². The van der Waals surface area contributed by atoms with Gasteiger partial charge in [-0.25, -0.2) is 0 Å². The molecular formula is C18H23NO2. The first-order chi connectivity index (χ1) is 10.1. The van der Waals surface area contributed by atoms with Gasteiger partial charge in [0.2, 0.25) is 0 Å². The molecule has 0 spiro atoms. The molecule has 0 saturated heterocycles. The zero-order valence-corrected chi connectivity index (χ0v) is 12.8. The Morgan fingerprint density at radius 3 is 2.43 bits per heavy atom. The van der Waals surface area contributed by atoms with E-state index in [1.54, 1.807) is 19.2 Å². The fourth-order valence-corrected chi connectivity index (χ4v) is 2.49. The van der Waals surface area contributed by atoms with E-state index in [1.807, 2.05) is 24.3 Å². The molecule has 2 aromatic rings. The first-order valence-corrected chi connectivity index (χ1v) is 7.26. The Hall–Kier alpha value is -2.00. The summed E-state index contributed by atoms with van der Waals surface area (Å²) in [5, 5.41) is 13.1. The standard InChI is InChI=1S/C18H23NO2/c1-13(11-15-7-9-18(21-3)10-8-15)19-14(2)16-5-4-6-17(20)12-16/h4-10,12-14,19-20H,11H2,1-3H3. The summed E-state index contributed by atoms with van der Waals surface area (Å²) in [7, 11) is 1.68. The highest BCUT2D eigenvalue weighted by molar-refractivity contribution is 5.30. The largest absolute Gasteiger partial charge is 0.508 e. The molecule has 112 valence electrons. The highest BCUT2D eigenvalue weighted by atomic mass is 16.5. The van der Waals surface area contributed by atoms with Crippen molar-refractivity contribution in [2.75, 3.05) is 7.11 Å². The summed E-state index contributed by atoms with van der Waals surface area (Å²) in [6.07, 6.45) is 0.952. The molecule has 3 nitrogen and oxygen atoms in total. The van der Waals surface area contributed by atoms with E-state index < -0.39 is 0 Å². The SMILES string of the molecule is COc1ccc(CC(C)NC(C)c2cccc(O)c2)cc1. The fraction of sp³-hybridized carbons (Fsp3) is 0.333. The van der Waals surface area contributed by atoms with Crippen molar-refractivity contribution in [3.05, 3.63) is 59.7 Å². The van der Waals surface area contributed by atoms with Gasteiger partial charge in [-0.15, -0.1) is 0 Å². The van der Waals surface area contributed by atoms with Gasteiger partial charge < -0.3 is 15.2 Å². The topological polar surface area (TPSA) is 41.5 Å². The van der Waals surface area contributed by atoms with Crippen LogP contribution in [0.15, 0.2) is 48.5 Å². The van der Waals surface area contributed by atoms with Gasteiger partial charge in [0.05, 0.1) is 7.11 Å². The first kappa shape index (κ1) is 15.4. The average Bonchev–Trinajstić information content (AvgIpc) is 2.48. The molecule has 0 saturated carbocycles. The smallest absolute Gasteiger partial charge is 0.118 e. The van der Waals surface area contributed by atoms with Crippen molar-refractivity contribution in [3.8, 4) is 11.5 Å². The number of aromatic hydroxyl groups is 1. The average molecular weight is 285 g/mol. The lowest BCUT2D eigenvalue weighted by atomic mass is 10.0. The number of rotatable bonds is 6. The summed E-state index contributed by atoms with van der Waals surface area (Å²) in [6, 6.07) is 16.1. The molecule has 0 fully saturated rings. The number of phenolic OH excluding ortho intramolecular Hbond substituents is 1. The minimum atomic E-state index is 0.199. The van der Waals surface area contributed by atoms with Crippen molar-refractivity contribution in [1.29, 1.82) is 0 Å². The lowest BCUT2D eigenvalue weighted by Gasteiger charge is -2.20.